The van der Waals surface area contributed by atoms with Crippen LogP contribution in [0.3, 0.4) is 0 Å². The largest absolute Gasteiger partial charge is 0.480 e. The van der Waals surface area contributed by atoms with Gasteiger partial charge >= 0.3 is 5.97 Å². The number of aliphatic carboxylic acids is 1. The van der Waals surface area contributed by atoms with Crippen LogP contribution in [-0.2, 0) is 4.79 Å². The van der Waals surface area contributed by atoms with Crippen molar-refractivity contribution in [1.82, 2.24) is 0 Å². The molecule has 0 saturated carbocycles. The Morgan fingerprint density at radius 2 is 2.13 bits per heavy atom. The standard InChI is InChI=1S/C9H9ClFNO3/c10-4-1-2-5(6(11)3-4)8(13)7(12)9(14)15/h1-3,7-8,13H,12H2,(H,14,15). The van der Waals surface area contributed by atoms with E-state index >= 15 is 0 Å². The molecule has 6 heteroatoms. The monoisotopic (exact) mass is 233 g/mol. The van der Waals surface area contributed by atoms with Crippen molar-refractivity contribution in [3.05, 3.63) is 34.6 Å². The lowest BCUT2D eigenvalue weighted by Crippen LogP contribution is -2.36. The molecule has 0 aliphatic carbocycles. The predicted octanol–water partition coefficient (Wildman–Crippen LogP) is 0.924. The fourth-order valence-corrected chi connectivity index (χ4v) is 1.23. The van der Waals surface area contributed by atoms with Crippen molar-refractivity contribution < 1.29 is 19.4 Å². The lowest BCUT2D eigenvalue weighted by molar-refractivity contribution is -0.141. The second kappa shape index (κ2) is 4.57. The van der Waals surface area contributed by atoms with Gasteiger partial charge in [-0.15, -0.1) is 0 Å². The van der Waals surface area contributed by atoms with Crippen molar-refractivity contribution >= 4 is 17.6 Å². The van der Waals surface area contributed by atoms with Crippen LogP contribution in [0, 0.1) is 5.82 Å². The molecule has 0 aliphatic rings. The molecular formula is C9H9ClFNO3. The van der Waals surface area contributed by atoms with E-state index in [1.54, 1.807) is 0 Å². The fraction of sp³-hybridized carbons (Fsp3) is 0.222. The van der Waals surface area contributed by atoms with Gasteiger partial charge in [0, 0.05) is 10.6 Å². The summed E-state index contributed by atoms with van der Waals surface area (Å²) in [5.74, 6) is -2.19. The summed E-state index contributed by atoms with van der Waals surface area (Å²) >= 11 is 5.49. The minimum absolute atomic E-state index is 0.160. The third kappa shape index (κ3) is 2.65. The predicted molar refractivity (Wildman–Crippen MR) is 52.0 cm³/mol. The molecule has 4 nitrogen and oxygen atoms in total. The highest BCUT2D eigenvalue weighted by molar-refractivity contribution is 6.30. The molecule has 2 unspecified atom stereocenters. The zero-order valence-electron chi connectivity index (χ0n) is 7.52. The Hall–Kier alpha value is -1.17. The van der Waals surface area contributed by atoms with Gasteiger partial charge in [0.25, 0.3) is 0 Å². The quantitative estimate of drug-likeness (QED) is 0.725. The Morgan fingerprint density at radius 3 is 2.60 bits per heavy atom. The van der Waals surface area contributed by atoms with Crippen LogP contribution in [0.5, 0.6) is 0 Å². The van der Waals surface area contributed by atoms with Gasteiger partial charge < -0.3 is 15.9 Å². The minimum atomic E-state index is -1.60. The maximum Gasteiger partial charge on any atom is 0.323 e. The van der Waals surface area contributed by atoms with Crippen LogP contribution < -0.4 is 5.73 Å². The van der Waals surface area contributed by atoms with Gasteiger partial charge in [-0.2, -0.15) is 0 Å². The molecule has 1 aromatic carbocycles. The number of hydrogen-bond acceptors (Lipinski definition) is 3. The van der Waals surface area contributed by atoms with Crippen LogP contribution in [0.15, 0.2) is 18.2 Å². The first kappa shape index (κ1) is 11.9. The molecule has 0 spiro atoms. The first-order valence-electron chi connectivity index (χ1n) is 4.05. The van der Waals surface area contributed by atoms with Crippen molar-refractivity contribution in [3.63, 3.8) is 0 Å². The third-order valence-electron chi connectivity index (χ3n) is 1.91. The van der Waals surface area contributed by atoms with Crippen molar-refractivity contribution in [2.75, 3.05) is 0 Å². The highest BCUT2D eigenvalue weighted by Gasteiger charge is 2.25. The second-order valence-electron chi connectivity index (χ2n) is 2.97. The number of halogens is 2. The lowest BCUT2D eigenvalue weighted by atomic mass is 10.0. The number of hydrogen-bond donors (Lipinski definition) is 3. The van der Waals surface area contributed by atoms with Crippen LogP contribution in [0.4, 0.5) is 4.39 Å². The van der Waals surface area contributed by atoms with Crippen LogP contribution in [0.2, 0.25) is 5.02 Å². The number of rotatable bonds is 3. The van der Waals surface area contributed by atoms with E-state index in [1.807, 2.05) is 0 Å². The molecule has 2 atom stereocenters. The van der Waals surface area contributed by atoms with Gasteiger partial charge in [-0.05, 0) is 12.1 Å². The Balaban J connectivity index is 3.01. The first-order chi connectivity index (χ1) is 6.93. The van der Waals surface area contributed by atoms with Gasteiger partial charge in [-0.1, -0.05) is 17.7 Å². The van der Waals surface area contributed by atoms with Crippen molar-refractivity contribution in [2.24, 2.45) is 5.73 Å². The van der Waals surface area contributed by atoms with E-state index in [9.17, 15) is 14.3 Å². The van der Waals surface area contributed by atoms with Crippen LogP contribution in [0.25, 0.3) is 0 Å². The number of aliphatic hydroxyl groups excluding tert-OH is 1. The van der Waals surface area contributed by atoms with Crippen molar-refractivity contribution in [1.29, 1.82) is 0 Å². The normalized spacial score (nSPS) is 14.7. The number of nitrogens with two attached hydrogens (primary N) is 1. The Kier molecular flexibility index (Phi) is 3.62. The van der Waals surface area contributed by atoms with E-state index in [0.717, 1.165) is 6.07 Å². The molecule has 1 aromatic rings. The maximum absolute atomic E-state index is 13.2. The van der Waals surface area contributed by atoms with E-state index in [-0.39, 0.29) is 10.6 Å². The molecule has 0 aromatic heterocycles. The van der Waals surface area contributed by atoms with Gasteiger partial charge in [0.1, 0.15) is 18.0 Å². The third-order valence-corrected chi connectivity index (χ3v) is 2.14. The van der Waals surface area contributed by atoms with Gasteiger partial charge in [0.2, 0.25) is 0 Å². The molecule has 1 rings (SSSR count). The number of carboxylic acid groups (broad SMARTS) is 1. The summed E-state index contributed by atoms with van der Waals surface area (Å²) in [4.78, 5) is 10.5. The summed E-state index contributed by atoms with van der Waals surface area (Å²) in [7, 11) is 0. The Bertz CT molecular complexity index is 386. The topological polar surface area (TPSA) is 83.6 Å². The SMILES string of the molecule is NC(C(=O)O)C(O)c1ccc(Cl)cc1F. The molecule has 82 valence electrons. The fourth-order valence-electron chi connectivity index (χ4n) is 1.07. The highest BCUT2D eigenvalue weighted by atomic mass is 35.5. The van der Waals surface area contributed by atoms with Crippen LogP contribution in [-0.4, -0.2) is 22.2 Å². The second-order valence-corrected chi connectivity index (χ2v) is 3.41. The minimum Gasteiger partial charge on any atom is -0.480 e. The molecular weight excluding hydrogens is 225 g/mol. The molecule has 0 bridgehead atoms. The number of aliphatic hydroxyl groups is 1. The molecule has 4 N–H and O–H groups in total. The molecule has 0 saturated heterocycles. The van der Waals surface area contributed by atoms with Gasteiger partial charge in [0.05, 0.1) is 0 Å². The van der Waals surface area contributed by atoms with E-state index in [1.165, 1.54) is 12.1 Å². The molecule has 15 heavy (non-hydrogen) atoms. The molecule has 0 radical (unpaired) electrons. The molecule has 0 fully saturated rings. The molecule has 0 aliphatic heterocycles. The van der Waals surface area contributed by atoms with E-state index in [2.05, 4.69) is 0 Å². The van der Waals surface area contributed by atoms with Crippen LogP contribution in [0.1, 0.15) is 11.7 Å². The lowest BCUT2D eigenvalue weighted by Gasteiger charge is -2.15. The average Bonchev–Trinajstić information content (AvgIpc) is 2.15. The smallest absolute Gasteiger partial charge is 0.323 e. The van der Waals surface area contributed by atoms with E-state index in [0.29, 0.717) is 0 Å². The number of carbonyl (C=O) groups is 1. The zero-order chi connectivity index (χ0) is 11.6. The summed E-state index contributed by atoms with van der Waals surface area (Å²) in [6.07, 6.45) is -1.60. The zero-order valence-corrected chi connectivity index (χ0v) is 8.28. The Labute approximate surface area is 90.1 Å². The summed E-state index contributed by atoms with van der Waals surface area (Å²) < 4.78 is 13.2. The van der Waals surface area contributed by atoms with Crippen molar-refractivity contribution in [2.45, 2.75) is 12.1 Å². The highest BCUT2D eigenvalue weighted by Crippen LogP contribution is 2.22. The maximum atomic E-state index is 13.2. The number of benzene rings is 1. The van der Waals surface area contributed by atoms with Gasteiger partial charge in [-0.25, -0.2) is 4.39 Å². The summed E-state index contributed by atoms with van der Waals surface area (Å²) in [5.41, 5.74) is 4.96. The summed E-state index contributed by atoms with van der Waals surface area (Å²) in [6.45, 7) is 0. The van der Waals surface area contributed by atoms with Gasteiger partial charge in [-0.3, -0.25) is 4.79 Å². The Morgan fingerprint density at radius 1 is 1.53 bits per heavy atom. The van der Waals surface area contributed by atoms with E-state index < -0.39 is 23.9 Å². The van der Waals surface area contributed by atoms with Crippen LogP contribution >= 0.6 is 11.6 Å². The summed E-state index contributed by atoms with van der Waals surface area (Å²) in [5, 5.41) is 18.1. The average molecular weight is 234 g/mol. The van der Waals surface area contributed by atoms with E-state index in [4.69, 9.17) is 22.4 Å². The van der Waals surface area contributed by atoms with Crippen molar-refractivity contribution in [3.8, 4) is 0 Å². The molecule has 0 amide bonds. The number of carboxylic acids is 1. The van der Waals surface area contributed by atoms with Gasteiger partial charge in [0.15, 0.2) is 0 Å². The summed E-state index contributed by atoms with van der Waals surface area (Å²) in [6, 6.07) is 1.96. The molecule has 0 heterocycles. The first-order valence-corrected chi connectivity index (χ1v) is 4.42.